The number of carbonyl (C=O) groups is 2. The fraction of sp³-hybridized carbons (Fsp3) is 0.125. The molecule has 1 N–H and O–H groups in total. The molecule has 5 heteroatoms. The second-order valence-corrected chi connectivity index (χ2v) is 4.77. The Bertz CT molecular complexity index is 824. The monoisotopic (exact) mass is 284 g/mol. The van der Waals surface area contributed by atoms with Gasteiger partial charge >= 0.3 is 5.97 Å². The summed E-state index contributed by atoms with van der Waals surface area (Å²) in [6.07, 6.45) is 3.02. The van der Waals surface area contributed by atoms with Gasteiger partial charge in [-0.15, -0.1) is 0 Å². The zero-order chi connectivity index (χ0) is 15.0. The molecule has 3 rings (SSSR count). The van der Waals surface area contributed by atoms with Crippen LogP contribution in [0.1, 0.15) is 17.5 Å². The second-order valence-electron chi connectivity index (χ2n) is 4.77. The predicted molar refractivity (Wildman–Crippen MR) is 75.0 cm³/mol. The van der Waals surface area contributed by atoms with Crippen molar-refractivity contribution in [2.75, 3.05) is 0 Å². The minimum absolute atomic E-state index is 0.0326. The summed E-state index contributed by atoms with van der Waals surface area (Å²) in [6.45, 7) is 1.33. The van der Waals surface area contributed by atoms with E-state index in [0.29, 0.717) is 5.56 Å². The van der Waals surface area contributed by atoms with Crippen LogP contribution >= 0.6 is 0 Å². The number of furan rings is 2. The highest BCUT2D eigenvalue weighted by molar-refractivity contribution is 6.07. The number of carbonyl (C=O) groups excluding carboxylic acids is 1. The maximum absolute atomic E-state index is 11.9. The molecular formula is C16H12O5. The Morgan fingerprint density at radius 1 is 1.14 bits per heavy atom. The first-order valence-corrected chi connectivity index (χ1v) is 6.40. The van der Waals surface area contributed by atoms with Gasteiger partial charge in [0.15, 0.2) is 5.76 Å². The summed E-state index contributed by atoms with van der Waals surface area (Å²) in [7, 11) is 0. The Kier molecular flexibility index (Phi) is 3.10. The summed E-state index contributed by atoms with van der Waals surface area (Å²) in [6, 6.07) is 9.05. The molecule has 2 aromatic heterocycles. The van der Waals surface area contributed by atoms with E-state index in [0.717, 1.165) is 16.5 Å². The van der Waals surface area contributed by atoms with Crippen LogP contribution in [0.2, 0.25) is 0 Å². The number of benzene rings is 1. The Morgan fingerprint density at radius 3 is 2.67 bits per heavy atom. The Morgan fingerprint density at radius 2 is 1.90 bits per heavy atom. The maximum atomic E-state index is 11.9. The minimum Gasteiger partial charge on any atom is -0.481 e. The number of rotatable bonds is 4. The smallest absolute Gasteiger partial charge is 0.314 e. The van der Waals surface area contributed by atoms with Crippen molar-refractivity contribution in [3.8, 4) is 11.1 Å². The van der Waals surface area contributed by atoms with E-state index in [-0.39, 0.29) is 5.76 Å². The molecule has 0 amide bonds. The van der Waals surface area contributed by atoms with Crippen LogP contribution in [0.3, 0.4) is 0 Å². The van der Waals surface area contributed by atoms with Gasteiger partial charge < -0.3 is 13.9 Å². The molecule has 0 spiro atoms. The van der Waals surface area contributed by atoms with Crippen molar-refractivity contribution in [1.29, 1.82) is 0 Å². The number of hydrogen-bond donors (Lipinski definition) is 1. The first-order chi connectivity index (χ1) is 10.1. The predicted octanol–water partition coefficient (Wildman–Crippen LogP) is 3.60. The van der Waals surface area contributed by atoms with Gasteiger partial charge in [-0.05, 0) is 19.1 Å². The van der Waals surface area contributed by atoms with Crippen LogP contribution in [-0.2, 0) is 4.79 Å². The molecule has 0 saturated carbocycles. The van der Waals surface area contributed by atoms with Crippen LogP contribution in [0.15, 0.2) is 51.7 Å². The molecule has 106 valence electrons. The number of aliphatic carboxylic acids is 1. The van der Waals surface area contributed by atoms with Gasteiger partial charge in [0, 0.05) is 16.5 Å². The highest BCUT2D eigenvalue weighted by Crippen LogP contribution is 2.32. The molecule has 1 atom stereocenters. The van der Waals surface area contributed by atoms with E-state index in [9.17, 15) is 9.59 Å². The molecule has 3 aromatic rings. The summed E-state index contributed by atoms with van der Waals surface area (Å²) in [5.41, 5.74) is 2.22. The lowest BCUT2D eigenvalue weighted by Crippen LogP contribution is -2.19. The number of Topliss-reactive ketones (excluding diaryl/α,β-unsaturated/α-hetero) is 1. The lowest BCUT2D eigenvalue weighted by molar-refractivity contribution is -0.139. The third-order valence-electron chi connectivity index (χ3n) is 3.40. The highest BCUT2D eigenvalue weighted by Gasteiger charge is 2.25. The van der Waals surface area contributed by atoms with Gasteiger partial charge in [-0.3, -0.25) is 9.59 Å². The standard InChI is InChI=1S/C16H12O5/c1-9(16(18)19)15(17)14-6-10(7-20-14)12-8-21-13-5-3-2-4-11(12)13/h2-9H,1H3,(H,18,19). The van der Waals surface area contributed by atoms with Gasteiger partial charge in [-0.25, -0.2) is 0 Å². The summed E-state index contributed by atoms with van der Waals surface area (Å²) in [5, 5.41) is 9.77. The minimum atomic E-state index is -1.17. The van der Waals surface area contributed by atoms with Crippen molar-refractivity contribution in [3.05, 3.63) is 48.6 Å². The number of fused-ring (bicyclic) bond motifs is 1. The molecule has 0 aliphatic rings. The lowest BCUT2D eigenvalue weighted by atomic mass is 10.0. The first-order valence-electron chi connectivity index (χ1n) is 6.40. The Balaban J connectivity index is 1.99. The van der Waals surface area contributed by atoms with E-state index in [4.69, 9.17) is 13.9 Å². The molecule has 0 aliphatic heterocycles. The molecule has 0 bridgehead atoms. The number of carboxylic acids is 1. The first kappa shape index (κ1) is 13.2. The van der Waals surface area contributed by atoms with Crippen molar-refractivity contribution in [2.24, 2.45) is 5.92 Å². The van der Waals surface area contributed by atoms with Crippen molar-refractivity contribution in [3.63, 3.8) is 0 Å². The third kappa shape index (κ3) is 2.23. The van der Waals surface area contributed by atoms with Crippen LogP contribution in [0.4, 0.5) is 0 Å². The summed E-state index contributed by atoms with van der Waals surface area (Å²) < 4.78 is 10.7. The van der Waals surface area contributed by atoms with E-state index in [1.165, 1.54) is 13.2 Å². The molecule has 0 aliphatic carbocycles. The van der Waals surface area contributed by atoms with Crippen LogP contribution < -0.4 is 0 Å². The van der Waals surface area contributed by atoms with Gasteiger partial charge in [-0.1, -0.05) is 18.2 Å². The quantitative estimate of drug-likeness (QED) is 0.585. The zero-order valence-electron chi connectivity index (χ0n) is 11.2. The van der Waals surface area contributed by atoms with Crippen LogP contribution in [0.25, 0.3) is 22.1 Å². The van der Waals surface area contributed by atoms with Crippen molar-refractivity contribution >= 4 is 22.7 Å². The molecule has 0 radical (unpaired) electrons. The van der Waals surface area contributed by atoms with E-state index >= 15 is 0 Å². The normalized spacial score (nSPS) is 12.4. The SMILES string of the molecule is CC(C(=O)O)C(=O)c1cc(-c2coc3ccccc23)co1. The molecule has 1 aromatic carbocycles. The number of hydrogen-bond acceptors (Lipinski definition) is 4. The van der Waals surface area contributed by atoms with Crippen molar-refractivity contribution < 1.29 is 23.5 Å². The second kappa shape index (κ2) is 4.94. The fourth-order valence-electron chi connectivity index (χ4n) is 2.13. The van der Waals surface area contributed by atoms with Gasteiger partial charge in [0.2, 0.25) is 5.78 Å². The zero-order valence-corrected chi connectivity index (χ0v) is 11.2. The molecule has 5 nitrogen and oxygen atoms in total. The molecule has 2 heterocycles. The lowest BCUT2D eigenvalue weighted by Gasteiger charge is -2.00. The Hall–Kier alpha value is -2.82. The van der Waals surface area contributed by atoms with Crippen molar-refractivity contribution in [2.45, 2.75) is 6.92 Å². The van der Waals surface area contributed by atoms with Crippen LogP contribution in [0, 0.1) is 5.92 Å². The average Bonchev–Trinajstić information content (AvgIpc) is 3.11. The van der Waals surface area contributed by atoms with E-state index in [1.807, 2.05) is 24.3 Å². The number of carboxylic acid groups (broad SMARTS) is 1. The maximum Gasteiger partial charge on any atom is 0.314 e. The summed E-state index contributed by atoms with van der Waals surface area (Å²) in [5.74, 6) is -2.83. The third-order valence-corrected chi connectivity index (χ3v) is 3.40. The van der Waals surface area contributed by atoms with E-state index in [1.54, 1.807) is 12.3 Å². The summed E-state index contributed by atoms with van der Waals surface area (Å²) in [4.78, 5) is 22.8. The van der Waals surface area contributed by atoms with Crippen LogP contribution in [-0.4, -0.2) is 16.9 Å². The van der Waals surface area contributed by atoms with Gasteiger partial charge in [0.25, 0.3) is 0 Å². The molecular weight excluding hydrogens is 272 g/mol. The van der Waals surface area contributed by atoms with Crippen LogP contribution in [0.5, 0.6) is 0 Å². The van der Waals surface area contributed by atoms with E-state index in [2.05, 4.69) is 0 Å². The topological polar surface area (TPSA) is 80.6 Å². The number of ketones is 1. The van der Waals surface area contributed by atoms with Gasteiger partial charge in [0.1, 0.15) is 11.5 Å². The van der Waals surface area contributed by atoms with E-state index < -0.39 is 17.7 Å². The van der Waals surface area contributed by atoms with Gasteiger partial charge in [-0.2, -0.15) is 0 Å². The molecule has 0 fully saturated rings. The molecule has 0 saturated heterocycles. The highest BCUT2D eigenvalue weighted by atomic mass is 16.4. The molecule has 1 unspecified atom stereocenters. The number of para-hydroxylation sites is 1. The molecule has 21 heavy (non-hydrogen) atoms. The fourth-order valence-corrected chi connectivity index (χ4v) is 2.13. The largest absolute Gasteiger partial charge is 0.481 e. The van der Waals surface area contributed by atoms with Crippen molar-refractivity contribution in [1.82, 2.24) is 0 Å². The summed E-state index contributed by atoms with van der Waals surface area (Å²) >= 11 is 0. The Labute approximate surface area is 119 Å². The average molecular weight is 284 g/mol. The van der Waals surface area contributed by atoms with Gasteiger partial charge in [0.05, 0.1) is 12.5 Å².